The SMILES string of the molecule is CCC(C#N)N(CCO)C(CC)CC. The van der Waals surface area contributed by atoms with Gasteiger partial charge in [0.15, 0.2) is 0 Å². The van der Waals surface area contributed by atoms with Gasteiger partial charge in [-0.05, 0) is 19.3 Å². The van der Waals surface area contributed by atoms with E-state index in [0.717, 1.165) is 19.3 Å². The predicted octanol–water partition coefficient (Wildman–Crippen LogP) is 1.77. The Bertz CT molecular complexity index is 173. The zero-order valence-electron chi connectivity index (χ0n) is 9.53. The van der Waals surface area contributed by atoms with Gasteiger partial charge in [0.05, 0.1) is 18.7 Å². The second-order valence-electron chi connectivity index (χ2n) is 3.48. The molecule has 0 bridgehead atoms. The van der Waals surface area contributed by atoms with Gasteiger partial charge in [0.2, 0.25) is 0 Å². The molecule has 0 saturated heterocycles. The largest absolute Gasteiger partial charge is 0.395 e. The second kappa shape index (κ2) is 7.78. The van der Waals surface area contributed by atoms with Crippen molar-refractivity contribution in [1.82, 2.24) is 4.90 Å². The number of rotatable bonds is 7. The van der Waals surface area contributed by atoms with Gasteiger partial charge in [-0.3, -0.25) is 4.90 Å². The van der Waals surface area contributed by atoms with Gasteiger partial charge in [-0.2, -0.15) is 5.26 Å². The molecule has 0 aromatic heterocycles. The molecule has 0 heterocycles. The molecule has 0 fully saturated rings. The number of hydrogen-bond acceptors (Lipinski definition) is 3. The molecule has 3 heteroatoms. The van der Waals surface area contributed by atoms with Crippen LogP contribution < -0.4 is 0 Å². The summed E-state index contributed by atoms with van der Waals surface area (Å²) < 4.78 is 0. The number of nitrogens with zero attached hydrogens (tertiary/aromatic N) is 2. The maximum absolute atomic E-state index is 8.99. The molecule has 0 radical (unpaired) electrons. The standard InChI is InChI=1S/C11H22N2O/c1-4-10(5-2)13(7-8-14)11(6-3)9-12/h10-11,14H,4-8H2,1-3H3. The number of nitriles is 1. The molecule has 0 aromatic rings. The lowest BCUT2D eigenvalue weighted by Gasteiger charge is -2.33. The third kappa shape index (κ3) is 3.65. The Balaban J connectivity index is 4.46. The molecule has 0 rings (SSSR count). The van der Waals surface area contributed by atoms with Crippen LogP contribution in [0.15, 0.2) is 0 Å². The van der Waals surface area contributed by atoms with Crippen molar-refractivity contribution in [3.63, 3.8) is 0 Å². The van der Waals surface area contributed by atoms with E-state index in [1.165, 1.54) is 0 Å². The Morgan fingerprint density at radius 1 is 1.21 bits per heavy atom. The summed E-state index contributed by atoms with van der Waals surface area (Å²) in [4.78, 5) is 2.12. The van der Waals surface area contributed by atoms with Crippen LogP contribution in [0.25, 0.3) is 0 Å². The lowest BCUT2D eigenvalue weighted by atomic mass is 10.1. The van der Waals surface area contributed by atoms with Gasteiger partial charge >= 0.3 is 0 Å². The first-order valence-corrected chi connectivity index (χ1v) is 5.51. The highest BCUT2D eigenvalue weighted by Crippen LogP contribution is 2.13. The molecular formula is C11H22N2O. The van der Waals surface area contributed by atoms with E-state index < -0.39 is 0 Å². The van der Waals surface area contributed by atoms with Crippen molar-refractivity contribution in [3.8, 4) is 6.07 Å². The first-order chi connectivity index (χ1) is 6.74. The molecule has 1 unspecified atom stereocenters. The summed E-state index contributed by atoms with van der Waals surface area (Å²) >= 11 is 0. The van der Waals surface area contributed by atoms with Gasteiger partial charge in [0, 0.05) is 12.6 Å². The lowest BCUT2D eigenvalue weighted by Crippen LogP contribution is -2.43. The smallest absolute Gasteiger partial charge is 0.0978 e. The van der Waals surface area contributed by atoms with Gasteiger partial charge < -0.3 is 5.11 Å². The summed E-state index contributed by atoms with van der Waals surface area (Å²) in [7, 11) is 0. The van der Waals surface area contributed by atoms with Gasteiger partial charge in [-0.1, -0.05) is 20.8 Å². The van der Waals surface area contributed by atoms with Crippen LogP contribution in [0.3, 0.4) is 0 Å². The van der Waals surface area contributed by atoms with Gasteiger partial charge in [0.25, 0.3) is 0 Å². The van der Waals surface area contributed by atoms with Crippen LogP contribution in [0.5, 0.6) is 0 Å². The predicted molar refractivity (Wildman–Crippen MR) is 57.9 cm³/mol. The molecule has 0 amide bonds. The molecule has 0 saturated carbocycles. The van der Waals surface area contributed by atoms with Crippen molar-refractivity contribution in [2.24, 2.45) is 0 Å². The summed E-state index contributed by atoms with van der Waals surface area (Å²) in [6.07, 6.45) is 2.90. The van der Waals surface area contributed by atoms with E-state index >= 15 is 0 Å². The van der Waals surface area contributed by atoms with Gasteiger partial charge in [0.1, 0.15) is 0 Å². The Morgan fingerprint density at radius 2 is 1.79 bits per heavy atom. The summed E-state index contributed by atoms with van der Waals surface area (Å²) in [5.41, 5.74) is 0. The molecule has 0 aromatic carbocycles. The fourth-order valence-electron chi connectivity index (χ4n) is 1.87. The fraction of sp³-hybridized carbons (Fsp3) is 0.909. The van der Waals surface area contributed by atoms with Crippen molar-refractivity contribution in [2.75, 3.05) is 13.2 Å². The van der Waals surface area contributed by atoms with Gasteiger partial charge in [-0.25, -0.2) is 0 Å². The van der Waals surface area contributed by atoms with Crippen LogP contribution in [-0.2, 0) is 0 Å². The lowest BCUT2D eigenvalue weighted by molar-refractivity contribution is 0.117. The Kier molecular flexibility index (Phi) is 7.45. The molecule has 1 atom stereocenters. The Labute approximate surface area is 87.3 Å². The van der Waals surface area contributed by atoms with Crippen molar-refractivity contribution < 1.29 is 5.11 Å². The summed E-state index contributed by atoms with van der Waals surface area (Å²) in [5, 5.41) is 18.0. The quantitative estimate of drug-likeness (QED) is 0.678. The van der Waals surface area contributed by atoms with E-state index in [2.05, 4.69) is 24.8 Å². The molecule has 0 aliphatic carbocycles. The monoisotopic (exact) mass is 198 g/mol. The average molecular weight is 198 g/mol. The van der Waals surface area contributed by atoms with E-state index in [4.69, 9.17) is 10.4 Å². The topological polar surface area (TPSA) is 47.3 Å². The van der Waals surface area contributed by atoms with Crippen LogP contribution in [0.4, 0.5) is 0 Å². The molecule has 1 N–H and O–H groups in total. The maximum atomic E-state index is 8.99. The summed E-state index contributed by atoms with van der Waals surface area (Å²) in [6, 6.07) is 2.67. The highest BCUT2D eigenvalue weighted by Gasteiger charge is 2.21. The van der Waals surface area contributed by atoms with Gasteiger partial charge in [-0.15, -0.1) is 0 Å². The molecular weight excluding hydrogens is 176 g/mol. The fourth-order valence-corrected chi connectivity index (χ4v) is 1.87. The first kappa shape index (κ1) is 13.4. The minimum absolute atomic E-state index is 0.0490. The second-order valence-corrected chi connectivity index (χ2v) is 3.48. The molecule has 0 aliphatic rings. The number of hydrogen-bond donors (Lipinski definition) is 1. The van der Waals surface area contributed by atoms with Crippen LogP contribution >= 0.6 is 0 Å². The van der Waals surface area contributed by atoms with E-state index in [0.29, 0.717) is 12.6 Å². The van der Waals surface area contributed by atoms with Crippen LogP contribution in [-0.4, -0.2) is 35.2 Å². The van der Waals surface area contributed by atoms with Crippen LogP contribution in [0.2, 0.25) is 0 Å². The molecule has 82 valence electrons. The maximum Gasteiger partial charge on any atom is 0.0978 e. The Morgan fingerprint density at radius 3 is 2.07 bits per heavy atom. The molecule has 0 aliphatic heterocycles. The highest BCUT2D eigenvalue weighted by molar-refractivity contribution is 4.93. The van der Waals surface area contributed by atoms with Crippen molar-refractivity contribution >= 4 is 0 Å². The molecule has 3 nitrogen and oxygen atoms in total. The first-order valence-electron chi connectivity index (χ1n) is 5.51. The van der Waals surface area contributed by atoms with E-state index in [1.54, 1.807) is 0 Å². The van der Waals surface area contributed by atoms with Crippen molar-refractivity contribution in [2.45, 2.75) is 52.1 Å². The number of aliphatic hydroxyl groups excluding tert-OH is 1. The van der Waals surface area contributed by atoms with Crippen LogP contribution in [0.1, 0.15) is 40.0 Å². The van der Waals surface area contributed by atoms with Crippen LogP contribution in [0, 0.1) is 11.3 Å². The third-order valence-electron chi connectivity index (χ3n) is 2.71. The molecule has 0 spiro atoms. The van der Waals surface area contributed by atoms with E-state index in [-0.39, 0.29) is 12.6 Å². The third-order valence-corrected chi connectivity index (χ3v) is 2.71. The zero-order chi connectivity index (χ0) is 11.0. The highest BCUT2D eigenvalue weighted by atomic mass is 16.3. The zero-order valence-corrected chi connectivity index (χ0v) is 9.53. The number of aliphatic hydroxyl groups is 1. The minimum Gasteiger partial charge on any atom is -0.395 e. The summed E-state index contributed by atoms with van der Waals surface area (Å²) in [6.45, 7) is 7.01. The Hall–Kier alpha value is -0.590. The molecule has 14 heavy (non-hydrogen) atoms. The van der Waals surface area contributed by atoms with Crippen molar-refractivity contribution in [1.29, 1.82) is 5.26 Å². The van der Waals surface area contributed by atoms with E-state index in [1.807, 2.05) is 6.92 Å². The van der Waals surface area contributed by atoms with Crippen molar-refractivity contribution in [3.05, 3.63) is 0 Å². The normalized spacial score (nSPS) is 13.2. The minimum atomic E-state index is -0.0490. The van der Waals surface area contributed by atoms with E-state index in [9.17, 15) is 0 Å². The average Bonchev–Trinajstić information content (AvgIpc) is 2.21. The summed E-state index contributed by atoms with van der Waals surface area (Å²) in [5.74, 6) is 0.